The maximum absolute atomic E-state index is 14.2. The van der Waals surface area contributed by atoms with Crippen molar-refractivity contribution in [2.75, 3.05) is 13.1 Å². The molecule has 1 aliphatic rings. The number of benzene rings is 1. The molecule has 1 amide bonds. The van der Waals surface area contributed by atoms with Gasteiger partial charge in [-0.15, -0.1) is 0 Å². The summed E-state index contributed by atoms with van der Waals surface area (Å²) >= 11 is 0. The van der Waals surface area contributed by atoms with Crippen LogP contribution in [-0.4, -0.2) is 44.9 Å². The van der Waals surface area contributed by atoms with Crippen molar-refractivity contribution in [3.8, 4) is 11.3 Å². The molecule has 0 atom stereocenters. The van der Waals surface area contributed by atoms with Crippen LogP contribution in [0.2, 0.25) is 0 Å². The molecule has 2 aromatic rings. The van der Waals surface area contributed by atoms with Gasteiger partial charge in [0.15, 0.2) is 0 Å². The van der Waals surface area contributed by atoms with Gasteiger partial charge in [0.1, 0.15) is 17.3 Å². The molecule has 1 N–H and O–H groups in total. The van der Waals surface area contributed by atoms with E-state index in [1.54, 1.807) is 10.9 Å². The van der Waals surface area contributed by atoms with Gasteiger partial charge in [0.25, 0.3) is 5.91 Å². The Kier molecular flexibility index (Phi) is 3.91. The van der Waals surface area contributed by atoms with Crippen LogP contribution in [0.1, 0.15) is 31.1 Å². The summed E-state index contributed by atoms with van der Waals surface area (Å²) in [6.45, 7) is 6.21. The van der Waals surface area contributed by atoms with E-state index in [9.17, 15) is 18.7 Å². The lowest BCUT2D eigenvalue weighted by molar-refractivity contribution is 0.00593. The number of aliphatic hydroxyl groups excluding tert-OH is 1. The molecule has 1 aromatic carbocycles. The summed E-state index contributed by atoms with van der Waals surface area (Å²) in [5.41, 5.74) is 0.0816. The van der Waals surface area contributed by atoms with Gasteiger partial charge >= 0.3 is 0 Å². The second-order valence-corrected chi connectivity index (χ2v) is 6.99. The number of halogens is 2. The lowest BCUT2D eigenvalue weighted by atomic mass is 10.0. The number of rotatable bonds is 2. The molecule has 0 unspecified atom stereocenters. The predicted octanol–water partition coefficient (Wildman–Crippen LogP) is 2.40. The van der Waals surface area contributed by atoms with E-state index < -0.39 is 23.3 Å². The minimum atomic E-state index is -0.771. The van der Waals surface area contributed by atoms with Crippen molar-refractivity contribution >= 4 is 5.91 Å². The first-order chi connectivity index (χ1) is 11.2. The van der Waals surface area contributed by atoms with Crippen molar-refractivity contribution in [3.05, 3.63) is 41.6 Å². The average Bonchev–Trinajstić information content (AvgIpc) is 2.88. The third-order valence-electron chi connectivity index (χ3n) is 3.97. The fraction of sp³-hybridized carbons (Fsp3) is 0.412. The Hall–Kier alpha value is -2.28. The first-order valence-corrected chi connectivity index (χ1v) is 7.69. The molecule has 0 aliphatic carbocycles. The quantitative estimate of drug-likeness (QED) is 0.917. The third kappa shape index (κ3) is 2.91. The van der Waals surface area contributed by atoms with Crippen LogP contribution in [-0.2, 0) is 5.54 Å². The maximum Gasteiger partial charge on any atom is 0.257 e. The summed E-state index contributed by atoms with van der Waals surface area (Å²) in [4.78, 5) is 14.1. The lowest BCUT2D eigenvalue weighted by Gasteiger charge is -2.35. The third-order valence-corrected chi connectivity index (χ3v) is 3.97. The molecule has 128 valence electrons. The molecule has 1 aromatic heterocycles. The van der Waals surface area contributed by atoms with E-state index in [0.717, 1.165) is 12.1 Å². The summed E-state index contributed by atoms with van der Waals surface area (Å²) in [6.07, 6.45) is 1.04. The largest absolute Gasteiger partial charge is 0.389 e. The smallest absolute Gasteiger partial charge is 0.257 e. The molecule has 0 radical (unpaired) electrons. The van der Waals surface area contributed by atoms with Crippen LogP contribution >= 0.6 is 0 Å². The van der Waals surface area contributed by atoms with E-state index in [-0.39, 0.29) is 35.8 Å². The van der Waals surface area contributed by atoms with Crippen LogP contribution in [0.4, 0.5) is 8.78 Å². The van der Waals surface area contributed by atoms with Gasteiger partial charge in [-0.1, -0.05) is 0 Å². The predicted molar refractivity (Wildman–Crippen MR) is 84.5 cm³/mol. The topological polar surface area (TPSA) is 58.4 Å². The number of carbonyl (C=O) groups excluding carboxylic acids is 1. The number of hydrogen-bond donors (Lipinski definition) is 1. The molecule has 24 heavy (non-hydrogen) atoms. The number of aliphatic hydroxyl groups is 1. The van der Waals surface area contributed by atoms with Crippen molar-refractivity contribution in [1.29, 1.82) is 0 Å². The molecule has 1 saturated heterocycles. The van der Waals surface area contributed by atoms with Crippen molar-refractivity contribution in [2.45, 2.75) is 32.4 Å². The van der Waals surface area contributed by atoms with Gasteiger partial charge in [0, 0.05) is 30.9 Å². The number of aromatic nitrogens is 2. The van der Waals surface area contributed by atoms with Crippen LogP contribution in [0, 0.1) is 11.6 Å². The van der Waals surface area contributed by atoms with E-state index in [1.807, 2.05) is 20.8 Å². The number of likely N-dealkylation sites (tertiary alicyclic amines) is 1. The molecule has 3 rings (SSSR count). The summed E-state index contributed by atoms with van der Waals surface area (Å²) in [5, 5.41) is 13.8. The van der Waals surface area contributed by atoms with Crippen LogP contribution in [0.25, 0.3) is 11.3 Å². The zero-order valence-electron chi connectivity index (χ0n) is 13.8. The molecule has 0 spiro atoms. The van der Waals surface area contributed by atoms with Gasteiger partial charge in [-0.3, -0.25) is 9.48 Å². The van der Waals surface area contributed by atoms with Crippen LogP contribution in [0.3, 0.4) is 0 Å². The highest BCUT2D eigenvalue weighted by Crippen LogP contribution is 2.29. The molecule has 1 fully saturated rings. The first-order valence-electron chi connectivity index (χ1n) is 7.69. The number of hydrogen-bond acceptors (Lipinski definition) is 3. The standard InChI is InChI=1S/C17H19F2N3O2/c1-17(2,3)22-9-13(16(24)21-7-11(23)8-21)15(20-22)12-5-4-10(18)6-14(12)19/h4-6,9,11,23H,7-8H2,1-3H3. The molecule has 0 bridgehead atoms. The molecular weight excluding hydrogens is 316 g/mol. The second kappa shape index (κ2) is 5.66. The molecule has 5 nitrogen and oxygen atoms in total. The zero-order valence-corrected chi connectivity index (χ0v) is 13.8. The highest BCUT2D eigenvalue weighted by Gasteiger charge is 2.33. The van der Waals surface area contributed by atoms with Crippen molar-refractivity contribution in [1.82, 2.24) is 14.7 Å². The normalized spacial score (nSPS) is 15.5. The summed E-state index contributed by atoms with van der Waals surface area (Å²) < 4.78 is 29.0. The lowest BCUT2D eigenvalue weighted by Crippen LogP contribution is -2.53. The first kappa shape index (κ1) is 16.6. The Balaban J connectivity index is 2.09. The fourth-order valence-corrected chi connectivity index (χ4v) is 2.55. The highest BCUT2D eigenvalue weighted by molar-refractivity contribution is 6.00. The van der Waals surface area contributed by atoms with Gasteiger partial charge in [0.2, 0.25) is 0 Å². The Morgan fingerprint density at radius 2 is 1.96 bits per heavy atom. The molecule has 7 heteroatoms. The van der Waals surface area contributed by atoms with Crippen LogP contribution in [0.5, 0.6) is 0 Å². The summed E-state index contributed by atoms with van der Waals surface area (Å²) in [6, 6.07) is 3.19. The zero-order chi connectivity index (χ0) is 17.6. The monoisotopic (exact) mass is 335 g/mol. The molecule has 2 heterocycles. The van der Waals surface area contributed by atoms with Crippen molar-refractivity contribution in [2.24, 2.45) is 0 Å². The maximum atomic E-state index is 14.2. The highest BCUT2D eigenvalue weighted by atomic mass is 19.1. The molecule has 0 saturated carbocycles. The Morgan fingerprint density at radius 3 is 2.50 bits per heavy atom. The van der Waals surface area contributed by atoms with Gasteiger partial charge < -0.3 is 10.0 Å². The summed E-state index contributed by atoms with van der Waals surface area (Å²) in [5.74, 6) is -1.79. The Labute approximate surface area is 138 Å². The van der Waals surface area contributed by atoms with Crippen molar-refractivity contribution in [3.63, 3.8) is 0 Å². The van der Waals surface area contributed by atoms with E-state index in [1.165, 1.54) is 11.0 Å². The van der Waals surface area contributed by atoms with E-state index in [0.29, 0.717) is 0 Å². The van der Waals surface area contributed by atoms with E-state index >= 15 is 0 Å². The number of carbonyl (C=O) groups is 1. The number of nitrogens with zero attached hydrogens (tertiary/aromatic N) is 3. The molecule has 1 aliphatic heterocycles. The second-order valence-electron chi connectivity index (χ2n) is 6.99. The van der Waals surface area contributed by atoms with Gasteiger partial charge in [-0.2, -0.15) is 5.10 Å². The Bertz CT molecular complexity index is 790. The van der Waals surface area contributed by atoms with Gasteiger partial charge in [0.05, 0.1) is 17.2 Å². The summed E-state index contributed by atoms with van der Waals surface area (Å²) in [7, 11) is 0. The van der Waals surface area contributed by atoms with Crippen molar-refractivity contribution < 1.29 is 18.7 Å². The van der Waals surface area contributed by atoms with Crippen LogP contribution in [0.15, 0.2) is 24.4 Å². The van der Waals surface area contributed by atoms with Gasteiger partial charge in [-0.05, 0) is 32.9 Å². The van der Waals surface area contributed by atoms with E-state index in [2.05, 4.69) is 5.10 Å². The SMILES string of the molecule is CC(C)(C)n1cc(C(=O)N2CC(O)C2)c(-c2ccc(F)cc2F)n1. The van der Waals surface area contributed by atoms with Gasteiger partial charge in [-0.25, -0.2) is 8.78 Å². The fourth-order valence-electron chi connectivity index (χ4n) is 2.55. The molecular formula is C17H19F2N3O2. The van der Waals surface area contributed by atoms with E-state index in [4.69, 9.17) is 0 Å². The van der Waals surface area contributed by atoms with Crippen LogP contribution < -0.4 is 0 Å². The number of β-amino-alcohol motifs (C(OH)–C–C–N with tert-alkyl or cyclic N) is 1. The Morgan fingerprint density at radius 1 is 1.29 bits per heavy atom. The average molecular weight is 335 g/mol. The minimum absolute atomic E-state index is 0.0730. The number of amides is 1. The minimum Gasteiger partial charge on any atom is -0.389 e.